The predicted molar refractivity (Wildman–Crippen MR) is 76.6 cm³/mol. The van der Waals surface area contributed by atoms with Crippen molar-refractivity contribution in [2.45, 2.75) is 13.0 Å². The molecule has 0 saturated carbocycles. The molecule has 1 amide bonds. The molecule has 1 aromatic heterocycles. The lowest BCUT2D eigenvalue weighted by atomic mass is 10.1. The Morgan fingerprint density at radius 3 is 2.95 bits per heavy atom. The number of aromatic nitrogens is 2. The highest BCUT2D eigenvalue weighted by Gasteiger charge is 2.19. The van der Waals surface area contributed by atoms with Gasteiger partial charge in [-0.05, 0) is 11.6 Å². The van der Waals surface area contributed by atoms with Crippen LogP contribution in [0.3, 0.4) is 0 Å². The molecular weight excluding hydrogens is 250 g/mol. The third kappa shape index (κ3) is 2.74. The number of fused-ring (bicyclic) bond motifs is 1. The van der Waals surface area contributed by atoms with Crippen molar-refractivity contribution in [2.24, 2.45) is 0 Å². The van der Waals surface area contributed by atoms with E-state index in [1.54, 1.807) is 18.6 Å². The van der Waals surface area contributed by atoms with Crippen molar-refractivity contribution in [3.8, 4) is 0 Å². The van der Waals surface area contributed by atoms with Crippen LogP contribution in [0.5, 0.6) is 0 Å². The third-order valence-corrected chi connectivity index (χ3v) is 3.39. The molecule has 4 heteroatoms. The van der Waals surface area contributed by atoms with Crippen LogP contribution in [0.2, 0.25) is 0 Å². The van der Waals surface area contributed by atoms with Gasteiger partial charge in [0.05, 0.1) is 5.69 Å². The Kier molecular flexibility index (Phi) is 3.54. The highest BCUT2D eigenvalue weighted by molar-refractivity contribution is 5.91. The Morgan fingerprint density at radius 2 is 2.10 bits per heavy atom. The monoisotopic (exact) mass is 265 g/mol. The zero-order valence-electron chi connectivity index (χ0n) is 11.1. The second-order valence-electron chi connectivity index (χ2n) is 4.75. The number of rotatable bonds is 2. The van der Waals surface area contributed by atoms with Crippen LogP contribution in [0.1, 0.15) is 16.8 Å². The molecule has 0 N–H and O–H groups in total. The molecule has 0 saturated heterocycles. The first kappa shape index (κ1) is 12.5. The Balaban J connectivity index is 1.69. The first-order chi connectivity index (χ1) is 9.83. The van der Waals surface area contributed by atoms with E-state index >= 15 is 0 Å². The maximum Gasteiger partial charge on any atom is 0.246 e. The summed E-state index contributed by atoms with van der Waals surface area (Å²) in [5, 5.41) is 0. The average Bonchev–Trinajstić information content (AvgIpc) is 2.53. The maximum atomic E-state index is 12.2. The fourth-order valence-corrected chi connectivity index (χ4v) is 2.29. The summed E-state index contributed by atoms with van der Waals surface area (Å²) >= 11 is 0. The van der Waals surface area contributed by atoms with E-state index in [4.69, 9.17) is 0 Å². The number of benzene rings is 1. The summed E-state index contributed by atoms with van der Waals surface area (Å²) < 4.78 is 0. The largest absolute Gasteiger partial charge is 0.334 e. The molecule has 3 rings (SSSR count). The highest BCUT2D eigenvalue weighted by Crippen LogP contribution is 2.15. The summed E-state index contributed by atoms with van der Waals surface area (Å²) in [6.07, 6.45) is 7.63. The topological polar surface area (TPSA) is 46.1 Å². The molecule has 1 aliphatic heterocycles. The lowest BCUT2D eigenvalue weighted by Crippen LogP contribution is -2.35. The molecule has 100 valence electrons. The van der Waals surface area contributed by atoms with Crippen molar-refractivity contribution in [3.63, 3.8) is 0 Å². The van der Waals surface area contributed by atoms with Gasteiger partial charge in [0.2, 0.25) is 5.91 Å². The zero-order chi connectivity index (χ0) is 13.8. The van der Waals surface area contributed by atoms with Crippen molar-refractivity contribution in [1.29, 1.82) is 0 Å². The molecule has 0 aliphatic carbocycles. The van der Waals surface area contributed by atoms with Crippen molar-refractivity contribution in [1.82, 2.24) is 14.9 Å². The van der Waals surface area contributed by atoms with Crippen LogP contribution in [0.25, 0.3) is 6.08 Å². The number of carbonyl (C=O) groups is 1. The molecule has 0 unspecified atom stereocenters. The van der Waals surface area contributed by atoms with E-state index in [0.717, 1.165) is 23.2 Å². The van der Waals surface area contributed by atoms with Crippen LogP contribution in [0.15, 0.2) is 48.9 Å². The van der Waals surface area contributed by atoms with Crippen LogP contribution in [0.4, 0.5) is 0 Å². The summed E-state index contributed by atoms with van der Waals surface area (Å²) in [7, 11) is 0. The van der Waals surface area contributed by atoms with E-state index in [1.165, 1.54) is 0 Å². The van der Waals surface area contributed by atoms with Gasteiger partial charge < -0.3 is 4.90 Å². The van der Waals surface area contributed by atoms with Gasteiger partial charge >= 0.3 is 0 Å². The minimum absolute atomic E-state index is 0.0309. The number of carbonyl (C=O) groups excluding carboxylic acids is 1. The van der Waals surface area contributed by atoms with E-state index in [1.807, 2.05) is 41.3 Å². The van der Waals surface area contributed by atoms with Crippen LogP contribution in [0, 0.1) is 0 Å². The highest BCUT2D eigenvalue weighted by atomic mass is 16.2. The molecular formula is C16H15N3O. The summed E-state index contributed by atoms with van der Waals surface area (Å²) in [6, 6.07) is 9.82. The van der Waals surface area contributed by atoms with Gasteiger partial charge in [-0.15, -0.1) is 0 Å². The lowest BCUT2D eigenvalue weighted by Gasteiger charge is -2.26. The van der Waals surface area contributed by atoms with Crippen molar-refractivity contribution in [2.75, 3.05) is 6.54 Å². The lowest BCUT2D eigenvalue weighted by molar-refractivity contribution is -0.126. The second kappa shape index (κ2) is 5.65. The van der Waals surface area contributed by atoms with Gasteiger partial charge in [0.25, 0.3) is 0 Å². The third-order valence-electron chi connectivity index (χ3n) is 3.39. The molecule has 1 aromatic carbocycles. The van der Waals surface area contributed by atoms with E-state index in [-0.39, 0.29) is 5.91 Å². The van der Waals surface area contributed by atoms with E-state index in [9.17, 15) is 4.79 Å². The van der Waals surface area contributed by atoms with E-state index < -0.39 is 0 Å². The number of nitrogens with zero attached hydrogens (tertiary/aromatic N) is 3. The molecule has 2 heterocycles. The van der Waals surface area contributed by atoms with Crippen LogP contribution in [-0.4, -0.2) is 27.3 Å². The van der Waals surface area contributed by atoms with Gasteiger partial charge in [-0.1, -0.05) is 30.3 Å². The summed E-state index contributed by atoms with van der Waals surface area (Å²) in [6.45, 7) is 1.30. The fourth-order valence-electron chi connectivity index (χ4n) is 2.29. The molecule has 0 spiro atoms. The Hall–Kier alpha value is -2.49. The Labute approximate surface area is 117 Å². The van der Waals surface area contributed by atoms with Crippen LogP contribution >= 0.6 is 0 Å². The van der Waals surface area contributed by atoms with Crippen LogP contribution in [-0.2, 0) is 17.8 Å². The number of hydrogen-bond acceptors (Lipinski definition) is 3. The Morgan fingerprint density at radius 1 is 1.25 bits per heavy atom. The van der Waals surface area contributed by atoms with Gasteiger partial charge in [-0.25, -0.2) is 9.97 Å². The first-order valence-electron chi connectivity index (χ1n) is 6.63. The summed E-state index contributed by atoms with van der Waals surface area (Å²) in [5.41, 5.74) is 3.12. The van der Waals surface area contributed by atoms with Gasteiger partial charge in [0.1, 0.15) is 6.33 Å². The Bertz CT molecular complexity index is 637. The molecule has 0 atom stereocenters. The zero-order valence-corrected chi connectivity index (χ0v) is 11.1. The number of amides is 1. The summed E-state index contributed by atoms with van der Waals surface area (Å²) in [5.74, 6) is 0.0309. The second-order valence-corrected chi connectivity index (χ2v) is 4.75. The maximum absolute atomic E-state index is 12.2. The van der Waals surface area contributed by atoms with Gasteiger partial charge in [0.15, 0.2) is 0 Å². The summed E-state index contributed by atoms with van der Waals surface area (Å²) in [4.78, 5) is 22.3. The minimum atomic E-state index is 0.0309. The molecule has 0 fully saturated rings. The van der Waals surface area contributed by atoms with Gasteiger partial charge in [-0.3, -0.25) is 4.79 Å². The minimum Gasteiger partial charge on any atom is -0.334 e. The van der Waals surface area contributed by atoms with Gasteiger partial charge in [-0.2, -0.15) is 0 Å². The molecule has 1 aliphatic rings. The normalized spacial score (nSPS) is 14.3. The fraction of sp³-hybridized carbons (Fsp3) is 0.188. The van der Waals surface area contributed by atoms with Crippen molar-refractivity contribution in [3.05, 3.63) is 65.8 Å². The van der Waals surface area contributed by atoms with Gasteiger partial charge in [0, 0.05) is 37.3 Å². The molecule has 20 heavy (non-hydrogen) atoms. The number of hydrogen-bond donors (Lipinski definition) is 0. The molecule has 0 bridgehead atoms. The van der Waals surface area contributed by atoms with E-state index in [0.29, 0.717) is 13.1 Å². The van der Waals surface area contributed by atoms with Crippen LogP contribution < -0.4 is 0 Å². The van der Waals surface area contributed by atoms with Crippen molar-refractivity contribution < 1.29 is 4.79 Å². The quantitative estimate of drug-likeness (QED) is 0.781. The SMILES string of the molecule is O=C(/C=C/c1ccccc1)N1CCc2ncncc2C1. The molecule has 4 nitrogen and oxygen atoms in total. The molecule has 0 radical (unpaired) electrons. The standard InChI is InChI=1S/C16H15N3O/c20-16(7-6-13-4-2-1-3-5-13)19-9-8-15-14(11-19)10-17-12-18-15/h1-7,10,12H,8-9,11H2/b7-6+. The predicted octanol–water partition coefficient (Wildman–Crippen LogP) is 2.07. The first-order valence-corrected chi connectivity index (χ1v) is 6.63. The van der Waals surface area contributed by atoms with E-state index in [2.05, 4.69) is 9.97 Å². The smallest absolute Gasteiger partial charge is 0.246 e. The van der Waals surface area contributed by atoms with Crippen molar-refractivity contribution >= 4 is 12.0 Å². The average molecular weight is 265 g/mol. The molecule has 2 aromatic rings.